The van der Waals surface area contributed by atoms with Gasteiger partial charge >= 0.3 is 11.9 Å². The van der Waals surface area contributed by atoms with Gasteiger partial charge in [0, 0.05) is 46.6 Å². The van der Waals surface area contributed by atoms with Gasteiger partial charge in [0.05, 0.1) is 14.2 Å². The lowest BCUT2D eigenvalue weighted by Crippen LogP contribution is -2.31. The van der Waals surface area contributed by atoms with E-state index in [0.717, 1.165) is 0 Å². The van der Waals surface area contributed by atoms with Gasteiger partial charge in [-0.2, -0.15) is 0 Å². The summed E-state index contributed by atoms with van der Waals surface area (Å²) in [5.41, 5.74) is 2.84. The Kier molecular flexibility index (Phi) is 6.96. The smallest absolute Gasteiger partial charge is 0.333 e. The zero-order valence-corrected chi connectivity index (χ0v) is 23.0. The summed E-state index contributed by atoms with van der Waals surface area (Å²) >= 11 is 0. The van der Waals surface area contributed by atoms with Crippen molar-refractivity contribution in [2.24, 2.45) is 11.8 Å². The number of esters is 2. The van der Waals surface area contributed by atoms with Crippen LogP contribution in [0.5, 0.6) is 34.5 Å². The van der Waals surface area contributed by atoms with Crippen LogP contribution in [0.3, 0.4) is 0 Å². The molecule has 0 amide bonds. The lowest BCUT2D eigenvalue weighted by molar-refractivity contribution is -0.157. The van der Waals surface area contributed by atoms with Crippen molar-refractivity contribution in [3.63, 3.8) is 0 Å². The van der Waals surface area contributed by atoms with Crippen LogP contribution in [0.4, 0.5) is 0 Å². The number of methoxy groups -OCH3 is 2. The molecule has 1 aliphatic carbocycles. The Bertz CT molecular complexity index is 1360. The molecule has 208 valence electrons. The highest BCUT2D eigenvalue weighted by Gasteiger charge is 2.45. The summed E-state index contributed by atoms with van der Waals surface area (Å²) in [7, 11) is 3.05. The Labute approximate surface area is 226 Å². The molecular weight excluding hydrogens is 508 g/mol. The lowest BCUT2D eigenvalue weighted by Gasteiger charge is -2.38. The number of fused-ring (bicyclic) bond motifs is 5. The highest BCUT2D eigenvalue weighted by atomic mass is 16.7. The molecule has 0 radical (unpaired) electrons. The monoisotopic (exact) mass is 540 g/mol. The molecule has 0 N–H and O–H groups in total. The standard InChI is InChI=1S/C29H32O10/c1-8-13(2)29(31)39-24-15(4)14(3)23(38-16(5)30)17-9-19-25(36-11-34-19)27(32-6)21(17)22-18(24)10-20-26(28(22)33-7)37-12-35-20/h8-10,14-15,23-24H,11-12H2,1-7H3/t14-,15+,23+,24+/m1/s1. The van der Waals surface area contributed by atoms with Gasteiger partial charge in [-0.3, -0.25) is 4.79 Å². The molecule has 10 heteroatoms. The molecule has 0 saturated carbocycles. The fourth-order valence-electron chi connectivity index (χ4n) is 5.38. The number of allylic oxidation sites excluding steroid dienone is 1. The number of hydrogen-bond donors (Lipinski definition) is 0. The molecule has 0 spiro atoms. The third-order valence-electron chi connectivity index (χ3n) is 7.64. The van der Waals surface area contributed by atoms with Gasteiger partial charge in [0.1, 0.15) is 12.2 Å². The van der Waals surface area contributed by atoms with E-state index in [1.54, 1.807) is 26.0 Å². The summed E-state index contributed by atoms with van der Waals surface area (Å²) in [6.45, 7) is 8.76. The van der Waals surface area contributed by atoms with Crippen molar-refractivity contribution in [2.45, 2.75) is 46.8 Å². The maximum atomic E-state index is 13.1. The predicted molar refractivity (Wildman–Crippen MR) is 138 cm³/mol. The van der Waals surface area contributed by atoms with Gasteiger partial charge in [-0.25, -0.2) is 4.79 Å². The minimum absolute atomic E-state index is 0.00385. The molecular formula is C29H32O10. The van der Waals surface area contributed by atoms with Crippen molar-refractivity contribution in [3.8, 4) is 45.6 Å². The molecule has 2 aliphatic heterocycles. The average Bonchev–Trinajstić information content (AvgIpc) is 3.60. The summed E-state index contributed by atoms with van der Waals surface area (Å²) in [6, 6.07) is 3.62. The van der Waals surface area contributed by atoms with E-state index in [1.807, 2.05) is 19.9 Å². The van der Waals surface area contributed by atoms with Crippen molar-refractivity contribution in [1.82, 2.24) is 0 Å². The Morgan fingerprint density at radius 3 is 1.67 bits per heavy atom. The minimum atomic E-state index is -0.776. The van der Waals surface area contributed by atoms with E-state index in [4.69, 9.17) is 37.9 Å². The summed E-state index contributed by atoms with van der Waals surface area (Å²) < 4.78 is 47.1. The Balaban J connectivity index is 1.91. The molecule has 0 saturated heterocycles. The third-order valence-corrected chi connectivity index (χ3v) is 7.64. The fraction of sp³-hybridized carbons (Fsp3) is 0.448. The fourth-order valence-corrected chi connectivity index (χ4v) is 5.38. The van der Waals surface area contributed by atoms with Crippen LogP contribution in [0.2, 0.25) is 0 Å². The van der Waals surface area contributed by atoms with Crippen LogP contribution in [0, 0.1) is 11.8 Å². The summed E-state index contributed by atoms with van der Waals surface area (Å²) in [6.07, 6.45) is 0.173. The number of ether oxygens (including phenoxy) is 8. The molecule has 0 aromatic heterocycles. The first kappa shape index (κ1) is 26.5. The van der Waals surface area contributed by atoms with E-state index in [-0.39, 0.29) is 25.4 Å². The van der Waals surface area contributed by atoms with Crippen molar-refractivity contribution < 1.29 is 47.5 Å². The zero-order chi connectivity index (χ0) is 28.0. The molecule has 0 unspecified atom stereocenters. The summed E-state index contributed by atoms with van der Waals surface area (Å²) in [4.78, 5) is 25.6. The van der Waals surface area contributed by atoms with Crippen molar-refractivity contribution >= 4 is 11.9 Å². The predicted octanol–water partition coefficient (Wildman–Crippen LogP) is 5.27. The second-order valence-electron chi connectivity index (χ2n) is 9.76. The normalized spacial score (nSPS) is 22.7. The van der Waals surface area contributed by atoms with Crippen LogP contribution < -0.4 is 28.4 Å². The van der Waals surface area contributed by atoms with Crippen LogP contribution in [-0.4, -0.2) is 39.7 Å². The first-order chi connectivity index (χ1) is 18.7. The number of rotatable bonds is 5. The number of carbonyl (C=O) groups excluding carboxylic acids is 2. The highest BCUT2D eigenvalue weighted by molar-refractivity contribution is 5.91. The maximum Gasteiger partial charge on any atom is 0.333 e. The van der Waals surface area contributed by atoms with Gasteiger partial charge in [0.15, 0.2) is 23.0 Å². The van der Waals surface area contributed by atoms with Crippen molar-refractivity contribution in [2.75, 3.05) is 27.8 Å². The topological polar surface area (TPSA) is 108 Å². The van der Waals surface area contributed by atoms with E-state index in [0.29, 0.717) is 62.3 Å². The molecule has 39 heavy (non-hydrogen) atoms. The SMILES string of the molecule is CC=C(C)C(=O)O[C@@H]1c2cc3c(c(OC)c2-c2c(cc4c(c2OC)OCO4)[C@@H](OC(C)=O)[C@H](C)[C@@H]1C)OCO3. The first-order valence-electron chi connectivity index (χ1n) is 12.7. The second-order valence-corrected chi connectivity index (χ2v) is 9.76. The largest absolute Gasteiger partial charge is 0.492 e. The van der Waals surface area contributed by atoms with Gasteiger partial charge in [0.25, 0.3) is 0 Å². The van der Waals surface area contributed by atoms with Crippen LogP contribution >= 0.6 is 0 Å². The highest BCUT2D eigenvalue weighted by Crippen LogP contribution is 2.61. The Morgan fingerprint density at radius 2 is 1.26 bits per heavy atom. The Hall–Kier alpha value is -4.08. The molecule has 2 heterocycles. The Morgan fingerprint density at radius 1 is 0.795 bits per heavy atom. The van der Waals surface area contributed by atoms with Crippen LogP contribution in [0.25, 0.3) is 11.1 Å². The lowest BCUT2D eigenvalue weighted by atomic mass is 9.74. The van der Waals surface area contributed by atoms with E-state index < -0.39 is 24.1 Å². The zero-order valence-electron chi connectivity index (χ0n) is 23.0. The van der Waals surface area contributed by atoms with Gasteiger partial charge in [-0.05, 0) is 26.0 Å². The number of benzene rings is 2. The average molecular weight is 541 g/mol. The summed E-state index contributed by atoms with van der Waals surface area (Å²) in [5, 5.41) is 0. The summed E-state index contributed by atoms with van der Waals surface area (Å²) in [5.74, 6) is 0.915. The molecule has 2 aromatic rings. The van der Waals surface area contributed by atoms with Crippen molar-refractivity contribution in [1.29, 1.82) is 0 Å². The molecule has 10 nitrogen and oxygen atoms in total. The van der Waals surface area contributed by atoms with Gasteiger partial charge < -0.3 is 37.9 Å². The van der Waals surface area contributed by atoms with E-state index in [1.165, 1.54) is 21.1 Å². The minimum Gasteiger partial charge on any atom is -0.492 e. The van der Waals surface area contributed by atoms with Gasteiger partial charge in [-0.15, -0.1) is 0 Å². The van der Waals surface area contributed by atoms with Crippen molar-refractivity contribution in [3.05, 3.63) is 34.9 Å². The number of carbonyl (C=O) groups is 2. The van der Waals surface area contributed by atoms with E-state index >= 15 is 0 Å². The molecule has 4 atom stereocenters. The molecule has 3 aliphatic rings. The molecule has 2 aromatic carbocycles. The third kappa shape index (κ3) is 4.27. The van der Waals surface area contributed by atoms with Crippen LogP contribution in [0.1, 0.15) is 58.0 Å². The van der Waals surface area contributed by atoms with E-state index in [9.17, 15) is 9.59 Å². The molecule has 5 rings (SSSR count). The van der Waals surface area contributed by atoms with E-state index in [2.05, 4.69) is 0 Å². The maximum absolute atomic E-state index is 13.1. The molecule has 0 bridgehead atoms. The first-order valence-corrected chi connectivity index (χ1v) is 12.7. The van der Waals surface area contributed by atoms with Gasteiger partial charge in [-0.1, -0.05) is 19.9 Å². The number of hydrogen-bond acceptors (Lipinski definition) is 10. The quantitative estimate of drug-likeness (QED) is 0.368. The molecule has 0 fully saturated rings. The van der Waals surface area contributed by atoms with Gasteiger partial charge in [0.2, 0.25) is 25.1 Å². The van der Waals surface area contributed by atoms with Crippen LogP contribution in [-0.2, 0) is 19.1 Å². The second kappa shape index (κ2) is 10.2. The van der Waals surface area contributed by atoms with Crippen LogP contribution in [0.15, 0.2) is 23.8 Å².